The van der Waals surface area contributed by atoms with Gasteiger partial charge in [0.05, 0.1) is 11.0 Å². The van der Waals surface area contributed by atoms with Gasteiger partial charge in [-0.3, -0.25) is 4.79 Å². The van der Waals surface area contributed by atoms with Crippen molar-refractivity contribution in [1.82, 2.24) is 15.3 Å². The molecule has 1 fully saturated rings. The van der Waals surface area contributed by atoms with E-state index in [1.807, 2.05) is 32.3 Å². The molecular formula is C22H27FN4O. The Labute approximate surface area is 164 Å². The smallest absolute Gasteiger partial charge is 0.255 e. The van der Waals surface area contributed by atoms with Crippen LogP contribution in [0.3, 0.4) is 0 Å². The Balaban J connectivity index is 0.000000706. The fourth-order valence-electron chi connectivity index (χ4n) is 3.48. The number of hydrogen-bond donors (Lipinski definition) is 3. The number of nitrogens with zero attached hydrogens (tertiary/aromatic N) is 1. The van der Waals surface area contributed by atoms with E-state index >= 15 is 0 Å². The number of fused-ring (bicyclic) bond motifs is 1. The van der Waals surface area contributed by atoms with E-state index in [0.717, 1.165) is 16.9 Å². The summed E-state index contributed by atoms with van der Waals surface area (Å²) in [6.07, 6.45) is 6.22. The van der Waals surface area contributed by atoms with E-state index in [-0.39, 0.29) is 11.7 Å². The Bertz CT molecular complexity index is 914. The van der Waals surface area contributed by atoms with Gasteiger partial charge >= 0.3 is 0 Å². The third kappa shape index (κ3) is 4.95. The summed E-state index contributed by atoms with van der Waals surface area (Å²) in [5, 5.41) is 5.60. The molecule has 4 rings (SSSR count). The fourth-order valence-corrected chi connectivity index (χ4v) is 3.48. The summed E-state index contributed by atoms with van der Waals surface area (Å²) in [7, 11) is 3.75. The number of benzene rings is 2. The molecular weight excluding hydrogens is 355 g/mol. The SMILES string of the molecule is CNC.O=C(Nc1ccc2nc(C3CCCCC3)[nH]c2c1)c1ccc(F)cc1. The van der Waals surface area contributed by atoms with Gasteiger partial charge in [0.25, 0.3) is 5.91 Å². The van der Waals surface area contributed by atoms with Crippen LogP contribution in [-0.4, -0.2) is 30.0 Å². The molecule has 3 N–H and O–H groups in total. The molecule has 0 bridgehead atoms. The van der Waals surface area contributed by atoms with Gasteiger partial charge in [-0.05, 0) is 69.4 Å². The van der Waals surface area contributed by atoms with E-state index in [1.165, 1.54) is 56.4 Å². The number of nitrogens with one attached hydrogen (secondary N) is 3. The monoisotopic (exact) mass is 382 g/mol. The molecule has 0 atom stereocenters. The molecule has 0 aliphatic heterocycles. The van der Waals surface area contributed by atoms with E-state index in [9.17, 15) is 9.18 Å². The van der Waals surface area contributed by atoms with Crippen LogP contribution in [0.4, 0.5) is 10.1 Å². The van der Waals surface area contributed by atoms with E-state index < -0.39 is 0 Å². The van der Waals surface area contributed by atoms with Crippen LogP contribution in [0.25, 0.3) is 11.0 Å². The molecule has 1 saturated carbocycles. The Hall–Kier alpha value is -2.73. The zero-order chi connectivity index (χ0) is 19.9. The molecule has 6 heteroatoms. The summed E-state index contributed by atoms with van der Waals surface area (Å²) in [5.74, 6) is 0.951. The van der Waals surface area contributed by atoms with Crippen molar-refractivity contribution in [3.8, 4) is 0 Å². The lowest BCUT2D eigenvalue weighted by Crippen LogP contribution is -2.11. The number of imidazole rings is 1. The van der Waals surface area contributed by atoms with Crippen LogP contribution in [0, 0.1) is 5.82 Å². The minimum atomic E-state index is -0.356. The third-order valence-electron chi connectivity index (χ3n) is 4.86. The molecule has 2 aromatic carbocycles. The Morgan fingerprint density at radius 3 is 2.43 bits per heavy atom. The molecule has 5 nitrogen and oxygen atoms in total. The van der Waals surface area contributed by atoms with Crippen LogP contribution in [0.2, 0.25) is 0 Å². The summed E-state index contributed by atoms with van der Waals surface area (Å²) >= 11 is 0. The maximum absolute atomic E-state index is 13.0. The third-order valence-corrected chi connectivity index (χ3v) is 4.86. The average Bonchev–Trinajstić information content (AvgIpc) is 3.13. The zero-order valence-electron chi connectivity index (χ0n) is 16.4. The number of H-pyrrole nitrogens is 1. The minimum absolute atomic E-state index is 0.258. The molecule has 0 spiro atoms. The first-order chi connectivity index (χ1) is 13.6. The van der Waals surface area contributed by atoms with Gasteiger partial charge in [-0.1, -0.05) is 19.3 Å². The number of carbonyl (C=O) groups excluding carboxylic acids is 1. The number of aromatic amines is 1. The Kier molecular flexibility index (Phi) is 6.76. The summed E-state index contributed by atoms with van der Waals surface area (Å²) in [6.45, 7) is 0. The quantitative estimate of drug-likeness (QED) is 0.607. The summed E-state index contributed by atoms with van der Waals surface area (Å²) in [6, 6.07) is 11.2. The van der Waals surface area contributed by atoms with Crippen molar-refractivity contribution in [3.63, 3.8) is 0 Å². The van der Waals surface area contributed by atoms with Gasteiger partial charge in [-0.25, -0.2) is 9.37 Å². The zero-order valence-corrected chi connectivity index (χ0v) is 16.4. The number of anilines is 1. The number of rotatable bonds is 3. The number of hydrogen-bond acceptors (Lipinski definition) is 3. The predicted octanol–water partition coefficient (Wildman–Crippen LogP) is 4.84. The molecule has 28 heavy (non-hydrogen) atoms. The number of halogens is 1. The normalized spacial score (nSPS) is 14.4. The van der Waals surface area contributed by atoms with E-state index in [0.29, 0.717) is 17.2 Å². The highest BCUT2D eigenvalue weighted by Crippen LogP contribution is 2.32. The van der Waals surface area contributed by atoms with Crippen molar-refractivity contribution in [2.24, 2.45) is 0 Å². The number of aromatic nitrogens is 2. The first kappa shape index (κ1) is 20.0. The van der Waals surface area contributed by atoms with E-state index in [1.54, 1.807) is 0 Å². The maximum atomic E-state index is 13.0. The molecule has 148 valence electrons. The van der Waals surface area contributed by atoms with Gasteiger partial charge in [0.1, 0.15) is 11.6 Å². The lowest BCUT2D eigenvalue weighted by atomic mass is 9.89. The van der Waals surface area contributed by atoms with Gasteiger partial charge in [0.2, 0.25) is 0 Å². The maximum Gasteiger partial charge on any atom is 0.255 e. The topological polar surface area (TPSA) is 69.8 Å². The largest absolute Gasteiger partial charge is 0.342 e. The van der Waals surface area contributed by atoms with Crippen molar-refractivity contribution in [2.45, 2.75) is 38.0 Å². The summed E-state index contributed by atoms with van der Waals surface area (Å²) in [4.78, 5) is 20.4. The first-order valence-electron chi connectivity index (χ1n) is 9.75. The highest BCUT2D eigenvalue weighted by molar-refractivity contribution is 6.04. The Morgan fingerprint density at radius 1 is 1.07 bits per heavy atom. The number of amides is 1. The Morgan fingerprint density at radius 2 is 1.75 bits per heavy atom. The predicted molar refractivity (Wildman–Crippen MR) is 111 cm³/mol. The van der Waals surface area contributed by atoms with Crippen molar-refractivity contribution >= 4 is 22.6 Å². The van der Waals surface area contributed by atoms with Gasteiger partial charge in [-0.2, -0.15) is 0 Å². The van der Waals surface area contributed by atoms with Crippen LogP contribution >= 0.6 is 0 Å². The molecule has 3 aromatic rings. The molecule has 1 amide bonds. The molecule has 1 heterocycles. The second-order valence-corrected chi connectivity index (χ2v) is 7.15. The van der Waals surface area contributed by atoms with Gasteiger partial charge in [0, 0.05) is 17.2 Å². The number of carbonyl (C=O) groups is 1. The standard InChI is InChI=1S/C20H20FN3O.C2H7N/c21-15-8-6-14(7-9-15)20(25)22-16-10-11-17-18(12-16)24-19(23-17)13-4-2-1-3-5-13;1-3-2/h6-13H,1-5H2,(H,22,25)(H,23,24);3H,1-2H3. The molecule has 1 aromatic heterocycles. The van der Waals surface area contributed by atoms with Crippen molar-refractivity contribution in [3.05, 3.63) is 59.7 Å². The highest BCUT2D eigenvalue weighted by atomic mass is 19.1. The van der Waals surface area contributed by atoms with Crippen molar-refractivity contribution < 1.29 is 9.18 Å². The summed E-state index contributed by atoms with van der Waals surface area (Å²) in [5.41, 5.74) is 2.97. The van der Waals surface area contributed by atoms with Gasteiger partial charge < -0.3 is 15.6 Å². The van der Waals surface area contributed by atoms with Crippen LogP contribution in [0.15, 0.2) is 42.5 Å². The molecule has 0 radical (unpaired) electrons. The molecule has 0 unspecified atom stereocenters. The lowest BCUT2D eigenvalue weighted by Gasteiger charge is -2.18. The van der Waals surface area contributed by atoms with Crippen LogP contribution < -0.4 is 10.6 Å². The van der Waals surface area contributed by atoms with Gasteiger partial charge in [0.15, 0.2) is 0 Å². The van der Waals surface area contributed by atoms with E-state index in [2.05, 4.69) is 15.6 Å². The van der Waals surface area contributed by atoms with Crippen LogP contribution in [0.5, 0.6) is 0 Å². The van der Waals surface area contributed by atoms with E-state index in [4.69, 9.17) is 4.98 Å². The van der Waals surface area contributed by atoms with Crippen molar-refractivity contribution in [2.75, 3.05) is 19.4 Å². The molecule has 0 saturated heterocycles. The average molecular weight is 382 g/mol. The lowest BCUT2D eigenvalue weighted by molar-refractivity contribution is 0.102. The molecule has 1 aliphatic carbocycles. The second kappa shape index (κ2) is 9.46. The fraction of sp³-hybridized carbons (Fsp3) is 0.364. The van der Waals surface area contributed by atoms with Crippen molar-refractivity contribution in [1.29, 1.82) is 0 Å². The second-order valence-electron chi connectivity index (χ2n) is 7.15. The molecule has 1 aliphatic rings. The van der Waals surface area contributed by atoms with Crippen LogP contribution in [0.1, 0.15) is 54.2 Å². The highest BCUT2D eigenvalue weighted by Gasteiger charge is 2.19. The summed E-state index contributed by atoms with van der Waals surface area (Å²) < 4.78 is 13.0. The van der Waals surface area contributed by atoms with Crippen LogP contribution in [-0.2, 0) is 0 Å². The first-order valence-corrected chi connectivity index (χ1v) is 9.75. The van der Waals surface area contributed by atoms with Gasteiger partial charge in [-0.15, -0.1) is 0 Å². The minimum Gasteiger partial charge on any atom is -0.342 e.